The van der Waals surface area contributed by atoms with Crippen LogP contribution in [0.15, 0.2) is 0 Å². The fourth-order valence-corrected chi connectivity index (χ4v) is 3.45. The topological polar surface area (TPSA) is 0 Å². The smallest absolute Gasteiger partial charge is 0.00675 e. The molecule has 0 fully saturated rings. The summed E-state index contributed by atoms with van der Waals surface area (Å²) in [4.78, 5) is 0. The van der Waals surface area contributed by atoms with E-state index in [9.17, 15) is 0 Å². The summed E-state index contributed by atoms with van der Waals surface area (Å²) in [5.74, 6) is 2.81. The first-order valence-corrected chi connectivity index (χ1v) is 10.1. The van der Waals surface area contributed by atoms with Gasteiger partial charge in [-0.3, -0.25) is 0 Å². The van der Waals surface area contributed by atoms with E-state index < -0.39 is 0 Å². The molecule has 0 aromatic rings. The SMILES string of the molecule is CCCCCCCCCCCSCCCCCCC. The summed E-state index contributed by atoms with van der Waals surface area (Å²) in [6, 6.07) is 0. The molecule has 0 heterocycles. The summed E-state index contributed by atoms with van der Waals surface area (Å²) >= 11 is 2.19. The van der Waals surface area contributed by atoms with Gasteiger partial charge in [0, 0.05) is 0 Å². The van der Waals surface area contributed by atoms with E-state index in [-0.39, 0.29) is 0 Å². The second-order valence-electron chi connectivity index (χ2n) is 5.86. The molecular formula is C18H38S. The van der Waals surface area contributed by atoms with Crippen LogP contribution in [0.3, 0.4) is 0 Å². The van der Waals surface area contributed by atoms with E-state index in [4.69, 9.17) is 0 Å². The van der Waals surface area contributed by atoms with Gasteiger partial charge in [-0.15, -0.1) is 0 Å². The van der Waals surface area contributed by atoms with E-state index in [1.165, 1.54) is 101 Å². The Morgan fingerprint density at radius 1 is 0.421 bits per heavy atom. The monoisotopic (exact) mass is 286 g/mol. The average molecular weight is 287 g/mol. The summed E-state index contributed by atoms with van der Waals surface area (Å²) in [6.07, 6.45) is 20.3. The van der Waals surface area contributed by atoms with Gasteiger partial charge in [-0.05, 0) is 24.3 Å². The predicted molar refractivity (Wildman–Crippen MR) is 93.3 cm³/mol. The highest BCUT2D eigenvalue weighted by Crippen LogP contribution is 2.13. The van der Waals surface area contributed by atoms with Gasteiger partial charge in [0.05, 0.1) is 0 Å². The Morgan fingerprint density at radius 3 is 1.11 bits per heavy atom. The van der Waals surface area contributed by atoms with Crippen LogP contribution in [-0.4, -0.2) is 11.5 Å². The van der Waals surface area contributed by atoms with E-state index in [0.717, 1.165) is 0 Å². The maximum absolute atomic E-state index is 2.29. The molecular weight excluding hydrogens is 248 g/mol. The Labute approximate surface area is 127 Å². The van der Waals surface area contributed by atoms with Crippen LogP contribution in [0, 0.1) is 0 Å². The van der Waals surface area contributed by atoms with E-state index in [1.54, 1.807) is 0 Å². The summed E-state index contributed by atoms with van der Waals surface area (Å²) in [7, 11) is 0. The molecule has 0 saturated carbocycles. The number of hydrogen-bond acceptors (Lipinski definition) is 1. The molecule has 0 nitrogen and oxygen atoms in total. The van der Waals surface area contributed by atoms with Crippen LogP contribution in [0.5, 0.6) is 0 Å². The molecule has 0 bridgehead atoms. The van der Waals surface area contributed by atoms with Gasteiger partial charge in [0.1, 0.15) is 0 Å². The molecule has 0 aromatic heterocycles. The lowest BCUT2D eigenvalue weighted by Gasteiger charge is -2.03. The second kappa shape index (κ2) is 18.4. The molecule has 116 valence electrons. The van der Waals surface area contributed by atoms with Crippen LogP contribution in [0.25, 0.3) is 0 Å². The van der Waals surface area contributed by atoms with Crippen molar-refractivity contribution in [2.75, 3.05) is 11.5 Å². The molecule has 0 saturated heterocycles. The van der Waals surface area contributed by atoms with E-state index >= 15 is 0 Å². The minimum absolute atomic E-state index is 1.37. The van der Waals surface area contributed by atoms with Crippen molar-refractivity contribution in [3.63, 3.8) is 0 Å². The highest BCUT2D eigenvalue weighted by Gasteiger charge is 1.94. The average Bonchev–Trinajstić information content (AvgIpc) is 2.43. The van der Waals surface area contributed by atoms with Crippen LogP contribution in [-0.2, 0) is 0 Å². The zero-order valence-corrected chi connectivity index (χ0v) is 14.5. The molecule has 0 aromatic carbocycles. The van der Waals surface area contributed by atoms with Crippen molar-refractivity contribution >= 4 is 11.8 Å². The Balaban J connectivity index is 2.88. The normalized spacial score (nSPS) is 11.1. The first-order chi connectivity index (χ1) is 9.41. The minimum Gasteiger partial charge on any atom is -0.162 e. The maximum atomic E-state index is 2.29. The Morgan fingerprint density at radius 2 is 0.737 bits per heavy atom. The van der Waals surface area contributed by atoms with Crippen molar-refractivity contribution in [1.29, 1.82) is 0 Å². The van der Waals surface area contributed by atoms with Crippen molar-refractivity contribution in [3.05, 3.63) is 0 Å². The molecule has 0 aliphatic heterocycles. The lowest BCUT2D eigenvalue weighted by Crippen LogP contribution is -1.86. The standard InChI is InChI=1S/C18H38S/c1-3-5-7-9-10-11-12-14-16-18-19-17-15-13-8-6-4-2/h3-18H2,1-2H3. The molecule has 0 spiro atoms. The first-order valence-electron chi connectivity index (χ1n) is 8.99. The number of unbranched alkanes of at least 4 members (excludes halogenated alkanes) is 12. The molecule has 0 amide bonds. The fourth-order valence-electron chi connectivity index (χ4n) is 2.42. The summed E-state index contributed by atoms with van der Waals surface area (Å²) in [5.41, 5.74) is 0. The lowest BCUT2D eigenvalue weighted by atomic mass is 10.1. The van der Waals surface area contributed by atoms with Gasteiger partial charge in [-0.1, -0.05) is 90.9 Å². The molecule has 0 N–H and O–H groups in total. The number of rotatable bonds is 16. The third kappa shape index (κ3) is 18.4. The van der Waals surface area contributed by atoms with Crippen LogP contribution in [0.2, 0.25) is 0 Å². The maximum Gasteiger partial charge on any atom is -0.00675 e. The quantitative estimate of drug-likeness (QED) is 0.270. The minimum atomic E-state index is 1.37. The number of hydrogen-bond donors (Lipinski definition) is 0. The number of thioether (sulfide) groups is 1. The second-order valence-corrected chi connectivity index (χ2v) is 7.08. The Kier molecular flexibility index (Phi) is 18.7. The molecule has 0 aliphatic carbocycles. The van der Waals surface area contributed by atoms with Crippen molar-refractivity contribution in [1.82, 2.24) is 0 Å². The highest BCUT2D eigenvalue weighted by atomic mass is 32.2. The predicted octanol–water partition coefficient (Wildman–Crippen LogP) is 7.22. The van der Waals surface area contributed by atoms with E-state index in [1.807, 2.05) is 0 Å². The molecule has 0 atom stereocenters. The first kappa shape index (κ1) is 19.4. The molecule has 0 aliphatic rings. The van der Waals surface area contributed by atoms with Gasteiger partial charge in [0.2, 0.25) is 0 Å². The summed E-state index contributed by atoms with van der Waals surface area (Å²) in [5, 5.41) is 0. The van der Waals surface area contributed by atoms with Crippen LogP contribution >= 0.6 is 11.8 Å². The van der Waals surface area contributed by atoms with Gasteiger partial charge in [-0.2, -0.15) is 11.8 Å². The van der Waals surface area contributed by atoms with E-state index in [2.05, 4.69) is 25.6 Å². The van der Waals surface area contributed by atoms with E-state index in [0.29, 0.717) is 0 Å². The largest absolute Gasteiger partial charge is 0.162 e. The van der Waals surface area contributed by atoms with Crippen molar-refractivity contribution in [2.45, 2.75) is 104 Å². The third-order valence-corrected chi connectivity index (χ3v) is 4.94. The summed E-state index contributed by atoms with van der Waals surface area (Å²) in [6.45, 7) is 4.58. The fraction of sp³-hybridized carbons (Fsp3) is 1.00. The van der Waals surface area contributed by atoms with Crippen LogP contribution in [0.1, 0.15) is 104 Å². The molecule has 0 unspecified atom stereocenters. The van der Waals surface area contributed by atoms with Crippen LogP contribution < -0.4 is 0 Å². The van der Waals surface area contributed by atoms with Crippen LogP contribution in [0.4, 0.5) is 0 Å². The van der Waals surface area contributed by atoms with Gasteiger partial charge in [-0.25, -0.2) is 0 Å². The highest BCUT2D eigenvalue weighted by molar-refractivity contribution is 7.99. The molecule has 19 heavy (non-hydrogen) atoms. The van der Waals surface area contributed by atoms with Crippen molar-refractivity contribution in [3.8, 4) is 0 Å². The summed E-state index contributed by atoms with van der Waals surface area (Å²) < 4.78 is 0. The van der Waals surface area contributed by atoms with Crippen molar-refractivity contribution in [2.24, 2.45) is 0 Å². The molecule has 0 rings (SSSR count). The van der Waals surface area contributed by atoms with Crippen molar-refractivity contribution < 1.29 is 0 Å². The third-order valence-electron chi connectivity index (χ3n) is 3.78. The van der Waals surface area contributed by atoms with Gasteiger partial charge in [0.15, 0.2) is 0 Å². The zero-order valence-electron chi connectivity index (χ0n) is 13.7. The van der Waals surface area contributed by atoms with Gasteiger partial charge in [0.25, 0.3) is 0 Å². The van der Waals surface area contributed by atoms with Gasteiger partial charge < -0.3 is 0 Å². The molecule has 0 radical (unpaired) electrons. The van der Waals surface area contributed by atoms with Gasteiger partial charge >= 0.3 is 0 Å². The zero-order chi connectivity index (χ0) is 14.0. The Hall–Kier alpha value is 0.350. The molecule has 1 heteroatoms. The lowest BCUT2D eigenvalue weighted by molar-refractivity contribution is 0.573. The Bertz CT molecular complexity index is 129.